The first-order chi connectivity index (χ1) is 13.4. The second-order valence-electron chi connectivity index (χ2n) is 7.20. The summed E-state index contributed by atoms with van der Waals surface area (Å²) in [7, 11) is 0. The second-order valence-corrected chi connectivity index (χ2v) is 7.20. The van der Waals surface area contributed by atoms with Crippen molar-refractivity contribution in [3.63, 3.8) is 0 Å². The van der Waals surface area contributed by atoms with Gasteiger partial charge in [-0.05, 0) is 37.1 Å². The number of unbranched alkanes of at least 4 members (excludes halogenated alkanes) is 2. The summed E-state index contributed by atoms with van der Waals surface area (Å²) in [6.45, 7) is 1.81. The molecule has 2 rings (SSSR count). The number of carbonyl (C=O) groups excluding carboxylic acids is 1. The first-order valence-corrected chi connectivity index (χ1v) is 9.80. The number of allylic oxidation sites excluding steroid dienone is 2. The molecule has 6 nitrogen and oxygen atoms in total. The fraction of sp³-hybridized carbons (Fsp3) is 0.571. The lowest BCUT2D eigenvalue weighted by Gasteiger charge is -2.25. The van der Waals surface area contributed by atoms with E-state index in [0.29, 0.717) is 12.2 Å². The fourth-order valence-electron chi connectivity index (χ4n) is 3.34. The first kappa shape index (κ1) is 22.3. The van der Waals surface area contributed by atoms with Crippen LogP contribution in [0, 0.1) is 11.7 Å². The molecule has 1 saturated carbocycles. The highest BCUT2D eigenvalue weighted by Gasteiger charge is 2.42. The SMILES string of the molecule is CCCC/C=C\C[C@@H]1[C@@H](NC(=O)[C@H](O)COc2ccc(F)cc2)[C@H](O)C[C@@H]1O. The van der Waals surface area contributed by atoms with E-state index in [0.717, 1.165) is 19.3 Å². The number of aliphatic hydroxyl groups excluding tert-OH is 3. The van der Waals surface area contributed by atoms with Crippen molar-refractivity contribution in [2.24, 2.45) is 5.92 Å². The molecule has 28 heavy (non-hydrogen) atoms. The highest BCUT2D eigenvalue weighted by atomic mass is 19.1. The number of carbonyl (C=O) groups is 1. The summed E-state index contributed by atoms with van der Waals surface area (Å²) in [6, 6.07) is 4.60. The molecular formula is C21H30FNO5. The van der Waals surface area contributed by atoms with Gasteiger partial charge in [-0.15, -0.1) is 0 Å². The standard InChI is InChI=1S/C21H30FNO5/c1-2-3-4-5-6-7-16-17(24)12-18(25)20(16)23-21(27)19(26)13-28-15-10-8-14(22)9-11-15/h5-6,8-11,16-20,24-26H,2-4,7,12-13H2,1H3,(H,23,27)/b6-5-/t16-,17-,18+,19+,20+/m0/s1. The van der Waals surface area contributed by atoms with Crippen molar-refractivity contribution in [2.45, 2.75) is 63.4 Å². The molecule has 4 N–H and O–H groups in total. The zero-order valence-electron chi connectivity index (χ0n) is 16.1. The summed E-state index contributed by atoms with van der Waals surface area (Å²) in [6.07, 6.45) is 4.84. The Kier molecular flexibility index (Phi) is 8.89. The van der Waals surface area contributed by atoms with Gasteiger partial charge in [0.05, 0.1) is 18.2 Å². The molecule has 0 saturated heterocycles. The normalized spacial score (nSPS) is 25.8. The Morgan fingerprint density at radius 1 is 1.29 bits per heavy atom. The van der Waals surface area contributed by atoms with Crippen LogP contribution >= 0.6 is 0 Å². The summed E-state index contributed by atoms with van der Waals surface area (Å²) >= 11 is 0. The summed E-state index contributed by atoms with van der Waals surface area (Å²) in [5, 5.41) is 33.1. The zero-order valence-corrected chi connectivity index (χ0v) is 16.1. The lowest BCUT2D eigenvalue weighted by molar-refractivity contribution is -0.132. The van der Waals surface area contributed by atoms with Crippen LogP contribution in [0.5, 0.6) is 5.75 Å². The van der Waals surface area contributed by atoms with Crippen LogP contribution < -0.4 is 10.1 Å². The number of ether oxygens (including phenoxy) is 1. The minimum Gasteiger partial charge on any atom is -0.490 e. The van der Waals surface area contributed by atoms with Gasteiger partial charge in [0.15, 0.2) is 6.10 Å². The van der Waals surface area contributed by atoms with Crippen LogP contribution in [0.25, 0.3) is 0 Å². The number of rotatable bonds is 10. The molecule has 0 aliphatic heterocycles. The Bertz CT molecular complexity index is 636. The highest BCUT2D eigenvalue weighted by Crippen LogP contribution is 2.30. The largest absolute Gasteiger partial charge is 0.490 e. The molecule has 1 fully saturated rings. The van der Waals surface area contributed by atoms with E-state index in [1.54, 1.807) is 0 Å². The number of hydrogen-bond donors (Lipinski definition) is 4. The van der Waals surface area contributed by atoms with E-state index < -0.39 is 36.1 Å². The smallest absolute Gasteiger partial charge is 0.252 e. The van der Waals surface area contributed by atoms with E-state index in [2.05, 4.69) is 12.2 Å². The van der Waals surface area contributed by atoms with Gasteiger partial charge in [-0.3, -0.25) is 4.79 Å². The van der Waals surface area contributed by atoms with E-state index >= 15 is 0 Å². The molecule has 1 aliphatic carbocycles. The lowest BCUT2D eigenvalue weighted by atomic mass is 9.96. The van der Waals surface area contributed by atoms with Crippen LogP contribution in [0.4, 0.5) is 4.39 Å². The van der Waals surface area contributed by atoms with Crippen LogP contribution in [0.3, 0.4) is 0 Å². The van der Waals surface area contributed by atoms with E-state index in [4.69, 9.17) is 4.74 Å². The molecule has 0 heterocycles. The molecular weight excluding hydrogens is 365 g/mol. The number of halogens is 1. The van der Waals surface area contributed by atoms with Crippen molar-refractivity contribution in [2.75, 3.05) is 6.61 Å². The number of benzene rings is 1. The lowest BCUT2D eigenvalue weighted by Crippen LogP contribution is -2.49. The van der Waals surface area contributed by atoms with Crippen LogP contribution in [0.15, 0.2) is 36.4 Å². The third-order valence-electron chi connectivity index (χ3n) is 4.99. The molecule has 1 aromatic carbocycles. The third-order valence-corrected chi connectivity index (χ3v) is 4.99. The Morgan fingerprint density at radius 2 is 2.00 bits per heavy atom. The minimum absolute atomic E-state index is 0.181. The maximum absolute atomic E-state index is 12.9. The molecule has 1 aliphatic rings. The number of aliphatic hydroxyl groups is 3. The molecule has 5 atom stereocenters. The van der Waals surface area contributed by atoms with Gasteiger partial charge in [0, 0.05) is 12.3 Å². The van der Waals surface area contributed by atoms with Crippen molar-refractivity contribution >= 4 is 5.91 Å². The van der Waals surface area contributed by atoms with E-state index in [1.807, 2.05) is 12.2 Å². The minimum atomic E-state index is -1.45. The van der Waals surface area contributed by atoms with Crippen molar-refractivity contribution in [3.8, 4) is 5.75 Å². The van der Waals surface area contributed by atoms with Gasteiger partial charge in [-0.1, -0.05) is 31.9 Å². The van der Waals surface area contributed by atoms with Crippen LogP contribution in [-0.4, -0.2) is 52.2 Å². The van der Waals surface area contributed by atoms with Crippen molar-refractivity contribution < 1.29 is 29.2 Å². The Balaban J connectivity index is 1.86. The van der Waals surface area contributed by atoms with Crippen LogP contribution in [-0.2, 0) is 4.79 Å². The van der Waals surface area contributed by atoms with E-state index in [9.17, 15) is 24.5 Å². The predicted molar refractivity (Wildman–Crippen MR) is 103 cm³/mol. The van der Waals surface area contributed by atoms with Crippen LogP contribution in [0.1, 0.15) is 39.0 Å². The molecule has 0 bridgehead atoms. The van der Waals surface area contributed by atoms with Gasteiger partial charge in [-0.25, -0.2) is 4.39 Å². The van der Waals surface area contributed by atoms with Crippen molar-refractivity contribution in [3.05, 3.63) is 42.2 Å². The number of nitrogens with one attached hydrogen (secondary N) is 1. The maximum atomic E-state index is 12.9. The highest BCUT2D eigenvalue weighted by molar-refractivity contribution is 5.81. The summed E-state index contributed by atoms with van der Waals surface area (Å²) in [4.78, 5) is 12.3. The van der Waals surface area contributed by atoms with Crippen molar-refractivity contribution in [1.82, 2.24) is 5.32 Å². The molecule has 1 aromatic rings. The summed E-state index contributed by atoms with van der Waals surface area (Å²) < 4.78 is 18.2. The van der Waals surface area contributed by atoms with Gasteiger partial charge < -0.3 is 25.4 Å². The van der Waals surface area contributed by atoms with Gasteiger partial charge in [0.1, 0.15) is 18.2 Å². The molecule has 1 amide bonds. The average Bonchev–Trinajstić information content (AvgIpc) is 2.93. The topological polar surface area (TPSA) is 99.0 Å². The molecule has 0 unspecified atom stereocenters. The summed E-state index contributed by atoms with van der Waals surface area (Å²) in [5.41, 5.74) is 0. The molecule has 7 heteroatoms. The Labute approximate surface area is 165 Å². The maximum Gasteiger partial charge on any atom is 0.252 e. The molecule has 0 spiro atoms. The van der Waals surface area contributed by atoms with Gasteiger partial charge in [-0.2, -0.15) is 0 Å². The summed E-state index contributed by atoms with van der Waals surface area (Å²) in [5.74, 6) is -1.07. The average molecular weight is 395 g/mol. The molecule has 0 radical (unpaired) electrons. The number of amides is 1. The van der Waals surface area contributed by atoms with E-state index in [-0.39, 0.29) is 18.9 Å². The Morgan fingerprint density at radius 3 is 2.68 bits per heavy atom. The molecule has 0 aromatic heterocycles. The van der Waals surface area contributed by atoms with E-state index in [1.165, 1.54) is 24.3 Å². The third kappa shape index (κ3) is 6.58. The van der Waals surface area contributed by atoms with Gasteiger partial charge in [0.25, 0.3) is 5.91 Å². The van der Waals surface area contributed by atoms with Crippen molar-refractivity contribution in [1.29, 1.82) is 0 Å². The molecule has 156 valence electrons. The zero-order chi connectivity index (χ0) is 20.5. The first-order valence-electron chi connectivity index (χ1n) is 9.80. The second kappa shape index (κ2) is 11.1. The Hall–Kier alpha value is -1.96. The monoisotopic (exact) mass is 395 g/mol. The van der Waals surface area contributed by atoms with Crippen LogP contribution in [0.2, 0.25) is 0 Å². The number of hydrogen-bond acceptors (Lipinski definition) is 5. The quantitative estimate of drug-likeness (QED) is 0.358. The van der Waals surface area contributed by atoms with Gasteiger partial charge in [0.2, 0.25) is 0 Å². The predicted octanol–water partition coefficient (Wildman–Crippen LogP) is 1.93. The fourth-order valence-corrected chi connectivity index (χ4v) is 3.34. The van der Waals surface area contributed by atoms with Gasteiger partial charge >= 0.3 is 0 Å².